The van der Waals surface area contributed by atoms with Crippen molar-refractivity contribution in [2.75, 3.05) is 12.0 Å². The van der Waals surface area contributed by atoms with Gasteiger partial charge in [-0.1, -0.05) is 53.1 Å². The summed E-state index contributed by atoms with van der Waals surface area (Å²) in [6, 6.07) is 15.3. The summed E-state index contributed by atoms with van der Waals surface area (Å²) in [7, 11) is 1.51. The van der Waals surface area contributed by atoms with Gasteiger partial charge in [0.15, 0.2) is 11.5 Å². The lowest BCUT2D eigenvalue weighted by Gasteiger charge is -2.27. The fourth-order valence-corrected chi connectivity index (χ4v) is 4.26. The minimum absolute atomic E-state index is 0.195. The van der Waals surface area contributed by atoms with Crippen LogP contribution in [0.2, 0.25) is 5.02 Å². The molecule has 184 valence electrons. The van der Waals surface area contributed by atoms with E-state index in [-0.39, 0.29) is 5.57 Å². The van der Waals surface area contributed by atoms with E-state index in [2.05, 4.69) is 23.5 Å². The highest BCUT2D eigenvalue weighted by Gasteiger charge is 2.37. The van der Waals surface area contributed by atoms with Crippen molar-refractivity contribution >= 4 is 41.2 Å². The van der Waals surface area contributed by atoms with Crippen LogP contribution >= 0.6 is 11.6 Å². The van der Waals surface area contributed by atoms with Crippen LogP contribution in [0.5, 0.6) is 11.5 Å². The number of hydrogen-bond donors (Lipinski definition) is 1. The third-order valence-electron chi connectivity index (χ3n) is 5.76. The number of methoxy groups -OCH3 is 1. The van der Waals surface area contributed by atoms with Crippen LogP contribution in [0.4, 0.5) is 10.5 Å². The Morgan fingerprint density at radius 1 is 0.944 bits per heavy atom. The first-order valence-corrected chi connectivity index (χ1v) is 11.6. The van der Waals surface area contributed by atoms with Crippen LogP contribution in [0.25, 0.3) is 6.08 Å². The standard InChI is InChI=1S/C28H25ClN2O5/c1-16-10-17(2)12-20(11-16)15-36-24-9-8-19(14-25(24)35-4)13-21-26(32)30-28(34)31(27(21)33)23-7-5-6-22(29)18(23)3/h5-14H,15H2,1-4H3,(H,30,32,34)/b21-13+. The smallest absolute Gasteiger partial charge is 0.335 e. The van der Waals surface area contributed by atoms with Gasteiger partial charge in [-0.2, -0.15) is 0 Å². The Balaban J connectivity index is 1.61. The molecule has 0 aliphatic carbocycles. The maximum Gasteiger partial charge on any atom is 0.335 e. The van der Waals surface area contributed by atoms with Gasteiger partial charge < -0.3 is 9.47 Å². The molecule has 36 heavy (non-hydrogen) atoms. The molecule has 1 saturated heterocycles. The van der Waals surface area contributed by atoms with E-state index in [1.54, 1.807) is 43.3 Å². The molecule has 1 aliphatic rings. The third kappa shape index (κ3) is 5.11. The summed E-state index contributed by atoms with van der Waals surface area (Å²) in [6.45, 7) is 6.12. The Labute approximate surface area is 214 Å². The van der Waals surface area contributed by atoms with Crippen LogP contribution in [-0.4, -0.2) is 25.0 Å². The number of halogens is 1. The van der Waals surface area contributed by atoms with E-state index in [0.717, 1.165) is 21.6 Å². The molecule has 3 aromatic rings. The summed E-state index contributed by atoms with van der Waals surface area (Å²) in [5.41, 5.74) is 4.52. The number of aryl methyl sites for hydroxylation is 2. The minimum atomic E-state index is -0.833. The predicted molar refractivity (Wildman–Crippen MR) is 138 cm³/mol. The van der Waals surface area contributed by atoms with Gasteiger partial charge in [0.05, 0.1) is 12.8 Å². The summed E-state index contributed by atoms with van der Waals surface area (Å²) in [4.78, 5) is 39.2. The number of nitrogens with one attached hydrogen (secondary N) is 1. The van der Waals surface area contributed by atoms with Crippen molar-refractivity contribution in [2.24, 2.45) is 0 Å². The third-order valence-corrected chi connectivity index (χ3v) is 6.17. The molecule has 0 aromatic heterocycles. The lowest BCUT2D eigenvalue weighted by molar-refractivity contribution is -0.122. The Hall–Kier alpha value is -4.10. The number of carbonyl (C=O) groups is 3. The quantitative estimate of drug-likeness (QED) is 0.353. The first-order chi connectivity index (χ1) is 17.2. The van der Waals surface area contributed by atoms with Crippen LogP contribution in [0.15, 0.2) is 60.2 Å². The van der Waals surface area contributed by atoms with E-state index >= 15 is 0 Å². The van der Waals surface area contributed by atoms with Crippen molar-refractivity contribution in [3.63, 3.8) is 0 Å². The molecule has 0 bridgehead atoms. The normalized spacial score (nSPS) is 14.8. The number of carbonyl (C=O) groups excluding carboxylic acids is 3. The molecule has 8 heteroatoms. The van der Waals surface area contributed by atoms with Crippen LogP contribution in [0, 0.1) is 20.8 Å². The van der Waals surface area contributed by atoms with Gasteiger partial charge in [0.1, 0.15) is 12.2 Å². The number of benzene rings is 3. The monoisotopic (exact) mass is 504 g/mol. The van der Waals surface area contributed by atoms with Gasteiger partial charge in [-0.25, -0.2) is 9.69 Å². The number of urea groups is 1. The molecule has 7 nitrogen and oxygen atoms in total. The van der Waals surface area contributed by atoms with Gasteiger partial charge >= 0.3 is 6.03 Å². The molecule has 1 heterocycles. The number of anilines is 1. The highest BCUT2D eigenvalue weighted by atomic mass is 35.5. The van der Waals surface area contributed by atoms with Crippen molar-refractivity contribution in [3.05, 3.63) is 93.0 Å². The Bertz CT molecular complexity index is 1390. The van der Waals surface area contributed by atoms with Crippen molar-refractivity contribution in [1.82, 2.24) is 5.32 Å². The molecular formula is C28H25ClN2O5. The van der Waals surface area contributed by atoms with E-state index in [0.29, 0.717) is 39.9 Å². The SMILES string of the molecule is COc1cc(/C=C2\C(=O)NC(=O)N(c3cccc(Cl)c3C)C2=O)ccc1OCc1cc(C)cc(C)c1. The largest absolute Gasteiger partial charge is 0.493 e. The van der Waals surface area contributed by atoms with E-state index in [1.807, 2.05) is 13.8 Å². The number of ether oxygens (including phenoxy) is 2. The van der Waals surface area contributed by atoms with Crippen molar-refractivity contribution < 1.29 is 23.9 Å². The summed E-state index contributed by atoms with van der Waals surface area (Å²) in [6.07, 6.45) is 1.41. The van der Waals surface area contributed by atoms with E-state index in [9.17, 15) is 14.4 Å². The fourth-order valence-electron chi connectivity index (χ4n) is 4.09. The maximum atomic E-state index is 13.2. The number of barbiturate groups is 1. The molecule has 0 radical (unpaired) electrons. The molecule has 1 aliphatic heterocycles. The zero-order valence-electron chi connectivity index (χ0n) is 20.3. The summed E-state index contributed by atoms with van der Waals surface area (Å²) in [5.74, 6) is -0.570. The Morgan fingerprint density at radius 2 is 1.67 bits per heavy atom. The van der Waals surface area contributed by atoms with Crippen molar-refractivity contribution in [1.29, 1.82) is 0 Å². The van der Waals surface area contributed by atoms with Crippen LogP contribution in [-0.2, 0) is 16.2 Å². The lowest BCUT2D eigenvalue weighted by atomic mass is 10.1. The zero-order chi connectivity index (χ0) is 26.0. The van der Waals surface area contributed by atoms with Crippen LogP contribution in [0.3, 0.4) is 0 Å². The molecular weight excluding hydrogens is 480 g/mol. The lowest BCUT2D eigenvalue weighted by Crippen LogP contribution is -2.54. The second kappa shape index (κ2) is 10.3. The minimum Gasteiger partial charge on any atom is -0.493 e. The number of nitrogens with zero attached hydrogens (tertiary/aromatic N) is 1. The molecule has 0 spiro atoms. The van der Waals surface area contributed by atoms with Gasteiger partial charge in [0, 0.05) is 5.02 Å². The van der Waals surface area contributed by atoms with Crippen LogP contribution in [0.1, 0.15) is 27.8 Å². The molecule has 0 atom stereocenters. The van der Waals surface area contributed by atoms with Crippen molar-refractivity contribution in [3.8, 4) is 11.5 Å². The second-order valence-corrected chi connectivity index (χ2v) is 8.94. The van der Waals surface area contributed by atoms with Crippen molar-refractivity contribution in [2.45, 2.75) is 27.4 Å². The molecule has 4 amide bonds. The topological polar surface area (TPSA) is 84.9 Å². The summed E-state index contributed by atoms with van der Waals surface area (Å²) in [5, 5.41) is 2.62. The zero-order valence-corrected chi connectivity index (χ0v) is 21.1. The van der Waals surface area contributed by atoms with E-state index in [4.69, 9.17) is 21.1 Å². The highest BCUT2D eigenvalue weighted by molar-refractivity contribution is 6.39. The number of rotatable bonds is 6. The molecule has 4 rings (SSSR count). The maximum absolute atomic E-state index is 13.2. The number of amides is 4. The summed E-state index contributed by atoms with van der Waals surface area (Å²) < 4.78 is 11.4. The van der Waals surface area contributed by atoms with Gasteiger partial charge in [0.2, 0.25) is 0 Å². The van der Waals surface area contributed by atoms with Gasteiger partial charge in [0.25, 0.3) is 11.8 Å². The Kier molecular flexibility index (Phi) is 7.12. The number of hydrogen-bond acceptors (Lipinski definition) is 5. The second-order valence-electron chi connectivity index (χ2n) is 8.54. The first kappa shape index (κ1) is 25.0. The van der Waals surface area contributed by atoms with Crippen LogP contribution < -0.4 is 19.7 Å². The van der Waals surface area contributed by atoms with E-state index in [1.165, 1.54) is 13.2 Å². The van der Waals surface area contributed by atoms with E-state index < -0.39 is 17.8 Å². The number of imide groups is 2. The molecule has 1 fully saturated rings. The first-order valence-electron chi connectivity index (χ1n) is 11.2. The molecule has 1 N–H and O–H groups in total. The average Bonchev–Trinajstić information content (AvgIpc) is 2.82. The fraction of sp³-hybridized carbons (Fsp3) is 0.179. The molecule has 3 aromatic carbocycles. The van der Waals surface area contributed by atoms with Gasteiger partial charge in [-0.15, -0.1) is 0 Å². The van der Waals surface area contributed by atoms with Gasteiger partial charge in [-0.3, -0.25) is 14.9 Å². The highest BCUT2D eigenvalue weighted by Crippen LogP contribution is 2.32. The molecule has 0 saturated carbocycles. The van der Waals surface area contributed by atoms with Gasteiger partial charge in [-0.05, 0) is 67.8 Å². The summed E-state index contributed by atoms with van der Waals surface area (Å²) >= 11 is 6.17. The Morgan fingerprint density at radius 3 is 2.36 bits per heavy atom. The average molecular weight is 505 g/mol. The molecule has 0 unspecified atom stereocenters. The predicted octanol–water partition coefficient (Wildman–Crippen LogP) is 5.52.